The largest absolute Gasteiger partial charge is 0.339 e. The fourth-order valence-corrected chi connectivity index (χ4v) is 5.57. The number of fused-ring (bicyclic) bond motifs is 3. The van der Waals surface area contributed by atoms with E-state index in [-0.39, 0.29) is 5.92 Å². The molecule has 1 amide bonds. The number of nitrogens with one attached hydrogen (secondary N) is 2. The fraction of sp³-hybridized carbons (Fsp3) is 0.667. The summed E-state index contributed by atoms with van der Waals surface area (Å²) in [4.78, 5) is 17.4. The third kappa shape index (κ3) is 3.06. The summed E-state index contributed by atoms with van der Waals surface area (Å²) < 4.78 is 0. The molecule has 3 fully saturated rings. The summed E-state index contributed by atoms with van der Waals surface area (Å²) in [6.45, 7) is 4.72. The number of carbonyl (C=O) groups is 1. The van der Waals surface area contributed by atoms with Gasteiger partial charge in [-0.3, -0.25) is 15.6 Å². The summed E-state index contributed by atoms with van der Waals surface area (Å²) in [6.07, 6.45) is 3.52. The molecule has 0 bridgehead atoms. The Hall–Kier alpha value is -1.43. The van der Waals surface area contributed by atoms with Crippen LogP contribution < -0.4 is 10.9 Å². The topological polar surface area (TPSA) is 47.6 Å². The van der Waals surface area contributed by atoms with E-state index in [4.69, 9.17) is 0 Å². The number of nitrogens with zero attached hydrogens (tertiary/aromatic N) is 2. The third-order valence-corrected chi connectivity index (χ3v) is 6.68. The quantitative estimate of drug-likeness (QED) is 0.866. The van der Waals surface area contributed by atoms with Crippen LogP contribution in [0.1, 0.15) is 43.2 Å². The highest BCUT2D eigenvalue weighted by Gasteiger charge is 2.51. The lowest BCUT2D eigenvalue weighted by Gasteiger charge is -2.50. The van der Waals surface area contributed by atoms with E-state index in [0.717, 1.165) is 26.1 Å². The first-order chi connectivity index (χ1) is 12.6. The molecule has 2 heterocycles. The van der Waals surface area contributed by atoms with Crippen LogP contribution in [0.5, 0.6) is 0 Å². The van der Waals surface area contributed by atoms with E-state index < -0.39 is 0 Å². The van der Waals surface area contributed by atoms with E-state index in [9.17, 15) is 4.79 Å². The summed E-state index contributed by atoms with van der Waals surface area (Å²) in [7, 11) is 4.26. The van der Waals surface area contributed by atoms with Crippen LogP contribution in [-0.4, -0.2) is 55.0 Å². The van der Waals surface area contributed by atoms with Crippen molar-refractivity contribution in [2.75, 3.05) is 27.2 Å². The number of hydrazine groups is 1. The minimum absolute atomic E-state index is 0.119. The molecule has 2 N–H and O–H groups in total. The lowest BCUT2D eigenvalue weighted by Crippen LogP contribution is -2.61. The van der Waals surface area contributed by atoms with Gasteiger partial charge in [0.15, 0.2) is 0 Å². The number of likely N-dealkylation sites (tertiary alicyclic amines) is 1. The van der Waals surface area contributed by atoms with E-state index in [1.807, 2.05) is 0 Å². The number of benzene rings is 1. The maximum Gasteiger partial charge on any atom is 0.228 e. The molecule has 1 aromatic carbocycles. The van der Waals surface area contributed by atoms with Crippen molar-refractivity contribution in [3.63, 3.8) is 0 Å². The van der Waals surface area contributed by atoms with Gasteiger partial charge >= 0.3 is 0 Å². The van der Waals surface area contributed by atoms with Gasteiger partial charge in [-0.1, -0.05) is 24.3 Å². The predicted molar refractivity (Wildman–Crippen MR) is 104 cm³/mol. The van der Waals surface area contributed by atoms with E-state index in [1.54, 1.807) is 0 Å². The molecule has 1 aliphatic carbocycles. The van der Waals surface area contributed by atoms with Crippen LogP contribution in [0.15, 0.2) is 24.3 Å². The molecular formula is C21H32N4O. The van der Waals surface area contributed by atoms with Crippen molar-refractivity contribution < 1.29 is 4.79 Å². The van der Waals surface area contributed by atoms with Gasteiger partial charge in [0.05, 0.1) is 5.92 Å². The van der Waals surface area contributed by atoms with Crippen LogP contribution >= 0.6 is 0 Å². The lowest BCUT2D eigenvalue weighted by molar-refractivity contribution is -0.146. The highest BCUT2D eigenvalue weighted by molar-refractivity contribution is 5.81. The normalized spacial score (nSPS) is 34.1. The van der Waals surface area contributed by atoms with Crippen LogP contribution in [0.2, 0.25) is 0 Å². The van der Waals surface area contributed by atoms with E-state index >= 15 is 0 Å². The highest BCUT2D eigenvalue weighted by Crippen LogP contribution is 2.45. The molecule has 1 saturated carbocycles. The summed E-state index contributed by atoms with van der Waals surface area (Å²) in [6, 6.07) is 9.57. The highest BCUT2D eigenvalue weighted by atomic mass is 16.2. The third-order valence-electron chi connectivity index (χ3n) is 6.68. The zero-order valence-electron chi connectivity index (χ0n) is 16.2. The van der Waals surface area contributed by atoms with Crippen molar-refractivity contribution in [1.82, 2.24) is 20.7 Å². The van der Waals surface area contributed by atoms with Gasteiger partial charge in [-0.2, -0.15) is 0 Å². The van der Waals surface area contributed by atoms with Gasteiger partial charge in [0, 0.05) is 31.7 Å². The molecule has 5 heteroatoms. The molecule has 0 aromatic heterocycles. The minimum Gasteiger partial charge on any atom is -0.339 e. The number of piperidine rings is 1. The Morgan fingerprint density at radius 1 is 1.23 bits per heavy atom. The summed E-state index contributed by atoms with van der Waals surface area (Å²) >= 11 is 0. The molecule has 26 heavy (non-hydrogen) atoms. The first-order valence-electron chi connectivity index (χ1n) is 10.1. The van der Waals surface area contributed by atoms with Gasteiger partial charge in [0.2, 0.25) is 5.91 Å². The predicted octanol–water partition coefficient (Wildman–Crippen LogP) is 1.96. The maximum atomic E-state index is 13.0. The average Bonchev–Trinajstić information content (AvgIpc) is 3.12. The number of carbonyl (C=O) groups excluding carboxylic acids is 1. The number of hydrogen-bond donors (Lipinski definition) is 2. The van der Waals surface area contributed by atoms with Crippen molar-refractivity contribution in [2.24, 2.45) is 11.8 Å². The molecular weight excluding hydrogens is 324 g/mol. The molecule has 5 unspecified atom stereocenters. The lowest BCUT2D eigenvalue weighted by atomic mass is 9.67. The molecule has 142 valence electrons. The fourth-order valence-electron chi connectivity index (χ4n) is 5.57. The monoisotopic (exact) mass is 356 g/mol. The van der Waals surface area contributed by atoms with Crippen LogP contribution in [0.3, 0.4) is 0 Å². The number of rotatable bonds is 4. The van der Waals surface area contributed by atoms with Gasteiger partial charge in [-0.25, -0.2) is 0 Å². The van der Waals surface area contributed by atoms with Gasteiger partial charge in [0.1, 0.15) is 0 Å². The summed E-state index contributed by atoms with van der Waals surface area (Å²) in [5, 5.41) is 0. The van der Waals surface area contributed by atoms with Crippen molar-refractivity contribution in [3.05, 3.63) is 35.4 Å². The molecule has 5 atom stereocenters. The van der Waals surface area contributed by atoms with Crippen molar-refractivity contribution >= 4 is 5.91 Å². The zero-order chi connectivity index (χ0) is 18.3. The molecule has 3 aliphatic rings. The maximum absolute atomic E-state index is 13.0. The Morgan fingerprint density at radius 2 is 2.04 bits per heavy atom. The Balaban J connectivity index is 1.59. The minimum atomic E-state index is 0.119. The summed E-state index contributed by atoms with van der Waals surface area (Å²) in [5.74, 6) is 1.59. The SMILES string of the molecule is CCN1C(=O)C2CNNC2C2CCC(c3ccccc3CN(C)C)CC21. The second-order valence-electron chi connectivity index (χ2n) is 8.46. The molecule has 4 rings (SSSR count). The van der Waals surface area contributed by atoms with Crippen molar-refractivity contribution in [3.8, 4) is 0 Å². The summed E-state index contributed by atoms with van der Waals surface area (Å²) in [5.41, 5.74) is 9.59. The second kappa shape index (κ2) is 7.29. The zero-order valence-corrected chi connectivity index (χ0v) is 16.2. The van der Waals surface area contributed by atoms with Crippen LogP contribution in [-0.2, 0) is 11.3 Å². The van der Waals surface area contributed by atoms with Gasteiger partial charge in [-0.15, -0.1) is 0 Å². The molecule has 5 nitrogen and oxygen atoms in total. The van der Waals surface area contributed by atoms with E-state index in [2.05, 4.69) is 65.9 Å². The Bertz CT molecular complexity index is 661. The van der Waals surface area contributed by atoms with Gasteiger partial charge in [-0.05, 0) is 63.2 Å². The molecule has 2 aliphatic heterocycles. The van der Waals surface area contributed by atoms with Gasteiger partial charge in [0.25, 0.3) is 0 Å². The number of amides is 1. The standard InChI is InChI=1S/C21H32N4O/c1-4-25-19-11-14(16-8-6-5-7-15(16)13-24(2)3)9-10-17(19)20-18(21(25)26)12-22-23-20/h5-8,14,17-20,22-23H,4,9-13H2,1-3H3. The average molecular weight is 357 g/mol. The van der Waals surface area contributed by atoms with Gasteiger partial charge < -0.3 is 9.80 Å². The smallest absolute Gasteiger partial charge is 0.228 e. The molecule has 0 spiro atoms. The Labute approximate surface area is 157 Å². The van der Waals surface area contributed by atoms with Crippen LogP contribution in [0.4, 0.5) is 0 Å². The Kier molecular flexibility index (Phi) is 5.04. The van der Waals surface area contributed by atoms with Crippen LogP contribution in [0.25, 0.3) is 0 Å². The van der Waals surface area contributed by atoms with E-state index in [0.29, 0.717) is 29.8 Å². The first-order valence-corrected chi connectivity index (χ1v) is 10.1. The van der Waals surface area contributed by atoms with E-state index in [1.165, 1.54) is 24.0 Å². The molecule has 2 saturated heterocycles. The molecule has 1 aromatic rings. The van der Waals surface area contributed by atoms with Crippen LogP contribution in [0, 0.1) is 11.8 Å². The number of hydrogen-bond acceptors (Lipinski definition) is 4. The second-order valence-corrected chi connectivity index (χ2v) is 8.46. The Morgan fingerprint density at radius 3 is 2.81 bits per heavy atom. The molecule has 0 radical (unpaired) electrons. The van der Waals surface area contributed by atoms with Crippen molar-refractivity contribution in [2.45, 2.75) is 50.7 Å². The van der Waals surface area contributed by atoms with Crippen molar-refractivity contribution in [1.29, 1.82) is 0 Å². The first kappa shape index (κ1) is 18.0.